The summed E-state index contributed by atoms with van der Waals surface area (Å²) in [7, 11) is 0. The van der Waals surface area contributed by atoms with Crippen LogP contribution >= 0.6 is 23.2 Å². The first kappa shape index (κ1) is 20.5. The van der Waals surface area contributed by atoms with Crippen LogP contribution in [0.15, 0.2) is 18.2 Å². The Morgan fingerprint density at radius 3 is 2.36 bits per heavy atom. The molecule has 0 fully saturated rings. The van der Waals surface area contributed by atoms with E-state index in [0.29, 0.717) is 22.4 Å². The number of carbonyl (C=O) groups is 2. The Morgan fingerprint density at radius 1 is 1.18 bits per heavy atom. The number of halogens is 2. The van der Waals surface area contributed by atoms with E-state index in [1.165, 1.54) is 12.8 Å². The molecule has 0 bridgehead atoms. The van der Waals surface area contributed by atoms with Gasteiger partial charge in [0.25, 0.3) is 0 Å². The summed E-state index contributed by atoms with van der Waals surface area (Å²) in [6.07, 6.45) is 2.39. The minimum Gasteiger partial charge on any atom is -0.491 e. The van der Waals surface area contributed by atoms with Crippen molar-refractivity contribution in [2.45, 2.75) is 19.8 Å². The Kier molecular flexibility index (Phi) is 11.3. The van der Waals surface area contributed by atoms with Crippen molar-refractivity contribution < 1.29 is 24.5 Å². The van der Waals surface area contributed by atoms with E-state index < -0.39 is 11.9 Å². The molecule has 0 amide bonds. The van der Waals surface area contributed by atoms with E-state index in [-0.39, 0.29) is 0 Å². The molecule has 0 atom stereocenters. The van der Waals surface area contributed by atoms with Crippen LogP contribution in [0.1, 0.15) is 19.8 Å². The fourth-order valence-corrected chi connectivity index (χ4v) is 1.60. The summed E-state index contributed by atoms with van der Waals surface area (Å²) in [5, 5.41) is 19.1. The number of benzene rings is 1. The predicted molar refractivity (Wildman–Crippen MR) is 85.0 cm³/mol. The summed E-state index contributed by atoms with van der Waals surface area (Å²) >= 11 is 11.8. The molecule has 0 radical (unpaired) electrons. The number of rotatable bonds is 7. The zero-order valence-corrected chi connectivity index (χ0v) is 13.7. The summed E-state index contributed by atoms with van der Waals surface area (Å²) in [6.45, 7) is 4.62. The summed E-state index contributed by atoms with van der Waals surface area (Å²) in [5.41, 5.74) is 0. The SMILES string of the molecule is CCCCNCCOc1cccc(Cl)c1Cl.O=C(O)C(=O)O. The lowest BCUT2D eigenvalue weighted by molar-refractivity contribution is -0.159. The number of hydrogen-bond donors (Lipinski definition) is 3. The van der Waals surface area contributed by atoms with Crippen molar-refractivity contribution in [1.29, 1.82) is 0 Å². The quantitative estimate of drug-likeness (QED) is 0.516. The summed E-state index contributed by atoms with van der Waals surface area (Å²) in [6, 6.07) is 5.39. The molecule has 0 saturated heterocycles. The van der Waals surface area contributed by atoms with Crippen molar-refractivity contribution >= 4 is 35.1 Å². The van der Waals surface area contributed by atoms with Crippen LogP contribution < -0.4 is 10.1 Å². The Balaban J connectivity index is 0.000000626. The Labute approximate surface area is 139 Å². The molecule has 3 N–H and O–H groups in total. The first-order chi connectivity index (χ1) is 10.4. The molecule has 1 rings (SSSR count). The third-order valence-corrected chi connectivity index (χ3v) is 3.14. The molecule has 0 saturated carbocycles. The van der Waals surface area contributed by atoms with E-state index in [0.717, 1.165) is 13.1 Å². The lowest BCUT2D eigenvalue weighted by Crippen LogP contribution is -2.22. The Bertz CT molecular complexity index is 470. The van der Waals surface area contributed by atoms with Crippen molar-refractivity contribution in [3.05, 3.63) is 28.2 Å². The molecule has 0 spiro atoms. The fraction of sp³-hybridized carbons (Fsp3) is 0.429. The monoisotopic (exact) mass is 351 g/mol. The highest BCUT2D eigenvalue weighted by Gasteiger charge is 2.04. The van der Waals surface area contributed by atoms with E-state index in [2.05, 4.69) is 12.2 Å². The average Bonchev–Trinajstić information content (AvgIpc) is 2.47. The van der Waals surface area contributed by atoms with Crippen molar-refractivity contribution in [2.75, 3.05) is 19.7 Å². The smallest absolute Gasteiger partial charge is 0.414 e. The van der Waals surface area contributed by atoms with Crippen LogP contribution in [-0.4, -0.2) is 41.8 Å². The lowest BCUT2D eigenvalue weighted by Gasteiger charge is -2.09. The van der Waals surface area contributed by atoms with Crippen molar-refractivity contribution in [3.8, 4) is 5.75 Å². The van der Waals surface area contributed by atoms with Gasteiger partial charge in [-0.15, -0.1) is 0 Å². The second-order valence-electron chi connectivity index (χ2n) is 4.11. The molecule has 8 heteroatoms. The molecular formula is C14H19Cl2NO5. The number of ether oxygens (including phenoxy) is 1. The largest absolute Gasteiger partial charge is 0.491 e. The minimum atomic E-state index is -1.82. The highest BCUT2D eigenvalue weighted by molar-refractivity contribution is 6.42. The van der Waals surface area contributed by atoms with Gasteiger partial charge < -0.3 is 20.3 Å². The van der Waals surface area contributed by atoms with E-state index in [4.69, 9.17) is 47.7 Å². The topological polar surface area (TPSA) is 95.9 Å². The van der Waals surface area contributed by atoms with Gasteiger partial charge in [0.2, 0.25) is 0 Å². The number of carboxylic acid groups (broad SMARTS) is 2. The Hall–Kier alpha value is -1.50. The van der Waals surface area contributed by atoms with E-state index >= 15 is 0 Å². The van der Waals surface area contributed by atoms with Crippen LogP contribution in [0.4, 0.5) is 0 Å². The van der Waals surface area contributed by atoms with Gasteiger partial charge in [-0.25, -0.2) is 9.59 Å². The average molecular weight is 352 g/mol. The van der Waals surface area contributed by atoms with E-state index in [1.54, 1.807) is 6.07 Å². The summed E-state index contributed by atoms with van der Waals surface area (Å²) in [5.74, 6) is -3.00. The van der Waals surface area contributed by atoms with Crippen LogP contribution in [0.25, 0.3) is 0 Å². The third kappa shape index (κ3) is 9.44. The van der Waals surface area contributed by atoms with Crippen LogP contribution in [0.5, 0.6) is 5.75 Å². The lowest BCUT2D eigenvalue weighted by atomic mass is 10.3. The van der Waals surface area contributed by atoms with Crippen LogP contribution in [-0.2, 0) is 9.59 Å². The molecular weight excluding hydrogens is 333 g/mol. The fourth-order valence-electron chi connectivity index (χ4n) is 1.26. The van der Waals surface area contributed by atoms with Gasteiger partial charge in [0.1, 0.15) is 17.4 Å². The molecule has 0 aliphatic heterocycles. The molecule has 0 unspecified atom stereocenters. The molecule has 6 nitrogen and oxygen atoms in total. The number of hydrogen-bond acceptors (Lipinski definition) is 4. The standard InChI is InChI=1S/C12H17Cl2NO.C2H2O4/c1-2-3-7-15-8-9-16-11-6-4-5-10(13)12(11)14;3-1(4)2(5)6/h4-6,15H,2-3,7-9H2,1H3;(H,3,4)(H,5,6). The third-order valence-electron chi connectivity index (χ3n) is 2.34. The summed E-state index contributed by atoms with van der Waals surface area (Å²) in [4.78, 5) is 18.2. The van der Waals surface area contributed by atoms with E-state index in [9.17, 15) is 0 Å². The van der Waals surface area contributed by atoms with Gasteiger partial charge >= 0.3 is 11.9 Å². The zero-order valence-electron chi connectivity index (χ0n) is 12.1. The van der Waals surface area contributed by atoms with Crippen molar-refractivity contribution in [3.63, 3.8) is 0 Å². The van der Waals surface area contributed by atoms with Crippen LogP contribution in [0.3, 0.4) is 0 Å². The first-order valence-corrected chi connectivity index (χ1v) is 7.39. The van der Waals surface area contributed by atoms with Crippen LogP contribution in [0.2, 0.25) is 10.0 Å². The number of unbranched alkanes of at least 4 members (excludes halogenated alkanes) is 1. The maximum atomic E-state index is 9.10. The number of carboxylic acids is 2. The van der Waals surface area contributed by atoms with Crippen LogP contribution in [0, 0.1) is 0 Å². The molecule has 0 aliphatic rings. The Morgan fingerprint density at radius 2 is 1.82 bits per heavy atom. The predicted octanol–water partition coefficient (Wildman–Crippen LogP) is 2.92. The second-order valence-corrected chi connectivity index (χ2v) is 4.90. The highest BCUT2D eigenvalue weighted by Crippen LogP contribution is 2.31. The van der Waals surface area contributed by atoms with Crippen molar-refractivity contribution in [1.82, 2.24) is 5.32 Å². The number of nitrogens with one attached hydrogen (secondary N) is 1. The molecule has 0 aliphatic carbocycles. The normalized spacial score (nSPS) is 9.59. The minimum absolute atomic E-state index is 0.484. The second kappa shape index (κ2) is 12.1. The van der Waals surface area contributed by atoms with Gasteiger partial charge in [-0.2, -0.15) is 0 Å². The van der Waals surface area contributed by atoms with Gasteiger partial charge in [0, 0.05) is 6.54 Å². The first-order valence-electron chi connectivity index (χ1n) is 6.63. The molecule has 22 heavy (non-hydrogen) atoms. The maximum absolute atomic E-state index is 9.10. The molecule has 1 aromatic rings. The van der Waals surface area contributed by atoms with Gasteiger partial charge in [0.15, 0.2) is 0 Å². The molecule has 0 aromatic heterocycles. The van der Waals surface area contributed by atoms with Gasteiger partial charge in [-0.3, -0.25) is 0 Å². The molecule has 1 aromatic carbocycles. The van der Waals surface area contributed by atoms with Crippen molar-refractivity contribution in [2.24, 2.45) is 0 Å². The van der Waals surface area contributed by atoms with E-state index in [1.807, 2.05) is 12.1 Å². The highest BCUT2D eigenvalue weighted by atomic mass is 35.5. The summed E-state index contributed by atoms with van der Waals surface area (Å²) < 4.78 is 5.52. The number of aliphatic carboxylic acids is 2. The maximum Gasteiger partial charge on any atom is 0.414 e. The molecule has 0 heterocycles. The van der Waals surface area contributed by atoms with Gasteiger partial charge in [0.05, 0.1) is 5.02 Å². The van der Waals surface area contributed by atoms with Gasteiger partial charge in [-0.1, -0.05) is 42.6 Å². The zero-order chi connectivity index (χ0) is 17.0. The van der Waals surface area contributed by atoms with Gasteiger partial charge in [-0.05, 0) is 25.1 Å². The molecule has 124 valence electrons.